The first kappa shape index (κ1) is 13.7. The van der Waals surface area contributed by atoms with Gasteiger partial charge in [0.25, 0.3) is 0 Å². The molecule has 0 amide bonds. The van der Waals surface area contributed by atoms with Gasteiger partial charge in [-0.1, -0.05) is 6.92 Å². The van der Waals surface area contributed by atoms with Gasteiger partial charge >= 0.3 is 0 Å². The summed E-state index contributed by atoms with van der Waals surface area (Å²) in [5.41, 5.74) is 5.37. The van der Waals surface area contributed by atoms with Gasteiger partial charge in [-0.2, -0.15) is 0 Å². The maximum absolute atomic E-state index is 5.37. The molecule has 0 radical (unpaired) electrons. The van der Waals surface area contributed by atoms with Gasteiger partial charge in [0, 0.05) is 6.04 Å². The average Bonchev–Trinajstić information content (AvgIpc) is 1.87. The standard InChI is InChI=1S/C4H10ClNO.C3H9N/c1-2-4(6)3-7-5;1-4(2)3/h4H,2-3,6H2,1H3;1-3H3. The minimum absolute atomic E-state index is 0.0949. The lowest BCUT2D eigenvalue weighted by atomic mass is 10.3. The molecular formula is C7H19ClN2O. The van der Waals surface area contributed by atoms with Gasteiger partial charge in [-0.05, 0) is 27.6 Å². The predicted molar refractivity (Wildman–Crippen MR) is 49.7 cm³/mol. The second kappa shape index (κ2) is 10.2. The van der Waals surface area contributed by atoms with E-state index >= 15 is 0 Å². The maximum atomic E-state index is 5.37. The molecule has 0 aromatic heterocycles. The zero-order valence-electron chi connectivity index (χ0n) is 7.80. The smallest absolute Gasteiger partial charge is 0.0833 e. The Hall–Kier alpha value is 0.170. The lowest BCUT2D eigenvalue weighted by Crippen LogP contribution is -2.23. The number of nitrogens with two attached hydrogens (primary N) is 1. The van der Waals surface area contributed by atoms with Gasteiger partial charge in [-0.15, -0.1) is 0 Å². The zero-order chi connectivity index (χ0) is 9.28. The summed E-state index contributed by atoms with van der Waals surface area (Å²) in [6.07, 6.45) is 0.909. The van der Waals surface area contributed by atoms with Crippen LogP contribution < -0.4 is 5.73 Å². The minimum Gasteiger partial charge on any atom is -0.326 e. The van der Waals surface area contributed by atoms with Gasteiger partial charge in [-0.25, -0.2) is 0 Å². The summed E-state index contributed by atoms with van der Waals surface area (Å²) in [5, 5.41) is 0. The summed E-state index contributed by atoms with van der Waals surface area (Å²) >= 11 is 4.90. The summed E-state index contributed by atoms with van der Waals surface area (Å²) in [4.78, 5) is 2.00. The molecule has 0 fully saturated rings. The SMILES string of the molecule is CCC(N)COCl.CN(C)C. The van der Waals surface area contributed by atoms with Crippen LogP contribution in [0.5, 0.6) is 0 Å². The topological polar surface area (TPSA) is 38.5 Å². The van der Waals surface area contributed by atoms with Crippen LogP contribution in [0.25, 0.3) is 0 Å². The summed E-state index contributed by atoms with van der Waals surface area (Å²) in [7, 11) is 6.00. The maximum Gasteiger partial charge on any atom is 0.0833 e. The Morgan fingerprint density at radius 2 is 1.82 bits per heavy atom. The van der Waals surface area contributed by atoms with E-state index in [9.17, 15) is 0 Å². The Kier molecular flexibility index (Phi) is 12.7. The predicted octanol–water partition coefficient (Wildman–Crippen LogP) is 1.07. The number of nitrogens with zero attached hydrogens (tertiary/aromatic N) is 1. The van der Waals surface area contributed by atoms with Crippen LogP contribution in [0.4, 0.5) is 0 Å². The fraction of sp³-hybridized carbons (Fsp3) is 1.00. The van der Waals surface area contributed by atoms with Crippen molar-refractivity contribution < 1.29 is 4.29 Å². The summed E-state index contributed by atoms with van der Waals surface area (Å²) in [5.74, 6) is 0. The van der Waals surface area contributed by atoms with Crippen LogP contribution in [0.15, 0.2) is 0 Å². The molecule has 0 aromatic carbocycles. The van der Waals surface area contributed by atoms with Crippen LogP contribution in [0.2, 0.25) is 0 Å². The second-order valence-corrected chi connectivity index (χ2v) is 3.00. The molecule has 0 saturated carbocycles. The third-order valence-corrected chi connectivity index (χ3v) is 0.927. The van der Waals surface area contributed by atoms with Crippen molar-refractivity contribution in [1.29, 1.82) is 0 Å². The van der Waals surface area contributed by atoms with Gasteiger partial charge in [-0.3, -0.25) is 4.29 Å². The van der Waals surface area contributed by atoms with E-state index in [1.54, 1.807) is 0 Å². The third-order valence-electron chi connectivity index (χ3n) is 0.801. The van der Waals surface area contributed by atoms with Crippen LogP contribution in [-0.2, 0) is 4.29 Å². The fourth-order valence-electron chi connectivity index (χ4n) is 0.199. The van der Waals surface area contributed by atoms with E-state index in [4.69, 9.17) is 17.6 Å². The fourth-order valence-corrected chi connectivity index (χ4v) is 0.361. The molecule has 1 unspecified atom stereocenters. The van der Waals surface area contributed by atoms with Gasteiger partial charge in [0.1, 0.15) is 0 Å². The first-order valence-electron chi connectivity index (χ1n) is 3.64. The molecule has 0 aliphatic carbocycles. The Balaban J connectivity index is 0. The minimum atomic E-state index is 0.0949. The molecule has 2 N–H and O–H groups in total. The van der Waals surface area contributed by atoms with E-state index in [1.807, 2.05) is 33.0 Å². The Morgan fingerprint density at radius 3 is 1.91 bits per heavy atom. The molecule has 11 heavy (non-hydrogen) atoms. The summed E-state index contributed by atoms with van der Waals surface area (Å²) < 4.78 is 4.24. The molecule has 0 bridgehead atoms. The molecule has 0 rings (SSSR count). The van der Waals surface area contributed by atoms with Crippen molar-refractivity contribution in [2.24, 2.45) is 5.73 Å². The highest BCUT2D eigenvalue weighted by atomic mass is 35.5. The van der Waals surface area contributed by atoms with E-state index < -0.39 is 0 Å². The van der Waals surface area contributed by atoms with Crippen molar-refractivity contribution in [1.82, 2.24) is 4.90 Å². The van der Waals surface area contributed by atoms with E-state index in [2.05, 4.69) is 4.29 Å². The molecule has 0 aliphatic heterocycles. The molecule has 0 aromatic rings. The van der Waals surface area contributed by atoms with Crippen molar-refractivity contribution in [3.63, 3.8) is 0 Å². The van der Waals surface area contributed by atoms with Gasteiger partial charge < -0.3 is 10.6 Å². The van der Waals surface area contributed by atoms with Crippen LogP contribution in [0, 0.1) is 0 Å². The Bertz CT molecular complexity index is 68.7. The number of rotatable bonds is 3. The molecule has 70 valence electrons. The largest absolute Gasteiger partial charge is 0.326 e. The quantitative estimate of drug-likeness (QED) is 0.710. The van der Waals surface area contributed by atoms with Gasteiger partial charge in [0.05, 0.1) is 18.5 Å². The van der Waals surface area contributed by atoms with Crippen molar-refractivity contribution in [2.75, 3.05) is 27.7 Å². The molecule has 0 saturated heterocycles. The van der Waals surface area contributed by atoms with Gasteiger partial charge in [0.15, 0.2) is 0 Å². The molecule has 3 nitrogen and oxygen atoms in total. The van der Waals surface area contributed by atoms with E-state index in [0.29, 0.717) is 6.61 Å². The molecular weight excluding hydrogens is 164 g/mol. The first-order chi connectivity index (χ1) is 5.04. The Morgan fingerprint density at radius 1 is 1.45 bits per heavy atom. The van der Waals surface area contributed by atoms with Crippen molar-refractivity contribution in [3.05, 3.63) is 0 Å². The molecule has 0 aliphatic rings. The number of hydrogen-bond donors (Lipinski definition) is 1. The molecule has 0 heterocycles. The number of halogens is 1. The monoisotopic (exact) mass is 182 g/mol. The van der Waals surface area contributed by atoms with Crippen LogP contribution in [0.1, 0.15) is 13.3 Å². The van der Waals surface area contributed by atoms with Crippen LogP contribution in [-0.4, -0.2) is 38.7 Å². The first-order valence-corrected chi connectivity index (χ1v) is 3.95. The second-order valence-electron chi connectivity index (χ2n) is 2.79. The van der Waals surface area contributed by atoms with E-state index in [-0.39, 0.29) is 6.04 Å². The highest BCUT2D eigenvalue weighted by Gasteiger charge is 1.94. The van der Waals surface area contributed by atoms with Gasteiger partial charge in [0.2, 0.25) is 0 Å². The molecule has 4 heteroatoms. The summed E-state index contributed by atoms with van der Waals surface area (Å²) in [6, 6.07) is 0.0949. The summed E-state index contributed by atoms with van der Waals surface area (Å²) in [6.45, 7) is 2.43. The number of hydrogen-bond acceptors (Lipinski definition) is 3. The van der Waals surface area contributed by atoms with Crippen molar-refractivity contribution in [3.8, 4) is 0 Å². The zero-order valence-corrected chi connectivity index (χ0v) is 8.56. The molecule has 1 atom stereocenters. The highest BCUT2D eigenvalue weighted by molar-refractivity contribution is 6.07. The van der Waals surface area contributed by atoms with Crippen molar-refractivity contribution >= 4 is 11.9 Å². The third kappa shape index (κ3) is 25.4. The van der Waals surface area contributed by atoms with E-state index in [1.165, 1.54) is 0 Å². The lowest BCUT2D eigenvalue weighted by Gasteiger charge is -2.01. The lowest BCUT2D eigenvalue weighted by molar-refractivity contribution is 0.313. The van der Waals surface area contributed by atoms with Crippen molar-refractivity contribution in [2.45, 2.75) is 19.4 Å². The van der Waals surface area contributed by atoms with Crippen LogP contribution in [0.3, 0.4) is 0 Å². The average molecular weight is 183 g/mol. The normalized spacial score (nSPS) is 12.3. The molecule has 0 spiro atoms. The van der Waals surface area contributed by atoms with Crippen LogP contribution >= 0.6 is 11.9 Å². The Labute approximate surface area is 74.6 Å². The van der Waals surface area contributed by atoms with E-state index in [0.717, 1.165) is 6.42 Å². The highest BCUT2D eigenvalue weighted by Crippen LogP contribution is 1.88.